The summed E-state index contributed by atoms with van der Waals surface area (Å²) in [6.07, 6.45) is 0.417. The third-order valence-corrected chi connectivity index (χ3v) is 3.31. The van der Waals surface area contributed by atoms with Gasteiger partial charge in [0.15, 0.2) is 0 Å². The van der Waals surface area contributed by atoms with Crippen molar-refractivity contribution in [3.8, 4) is 0 Å². The van der Waals surface area contributed by atoms with Crippen LogP contribution in [0.3, 0.4) is 0 Å². The van der Waals surface area contributed by atoms with E-state index < -0.39 is 28.6 Å². The molecule has 0 spiro atoms. The van der Waals surface area contributed by atoms with E-state index in [2.05, 4.69) is 0 Å². The van der Waals surface area contributed by atoms with Crippen LogP contribution in [-0.4, -0.2) is 43.0 Å². The van der Waals surface area contributed by atoms with Crippen molar-refractivity contribution in [1.82, 2.24) is 4.72 Å². The number of nitrogens with one attached hydrogen (secondary N) is 1. The molecule has 96 valence electrons. The molecular formula is C9H19NO5S. The van der Waals surface area contributed by atoms with Crippen LogP contribution in [0.4, 0.5) is 0 Å². The molecular weight excluding hydrogens is 234 g/mol. The van der Waals surface area contributed by atoms with Crippen LogP contribution in [-0.2, 0) is 14.8 Å². The lowest BCUT2D eigenvalue weighted by atomic mass is 9.94. The van der Waals surface area contributed by atoms with Gasteiger partial charge in [0.05, 0.1) is 12.4 Å². The molecule has 0 aliphatic heterocycles. The number of carbonyl (C=O) groups is 1. The summed E-state index contributed by atoms with van der Waals surface area (Å²) in [6.45, 7) is 4.92. The Morgan fingerprint density at radius 3 is 2.19 bits per heavy atom. The molecule has 0 bridgehead atoms. The second-order valence-electron chi connectivity index (χ2n) is 4.82. The Balaban J connectivity index is 4.41. The number of hydrogen-bond acceptors (Lipinski definition) is 4. The fourth-order valence-corrected chi connectivity index (χ4v) is 2.49. The zero-order valence-electron chi connectivity index (χ0n) is 9.73. The van der Waals surface area contributed by atoms with Gasteiger partial charge in [-0.05, 0) is 11.8 Å². The molecule has 16 heavy (non-hydrogen) atoms. The fourth-order valence-electron chi connectivity index (χ4n) is 0.882. The molecule has 0 aliphatic carbocycles. The summed E-state index contributed by atoms with van der Waals surface area (Å²) in [5.41, 5.74) is -0.146. The molecule has 0 fully saturated rings. The van der Waals surface area contributed by atoms with Crippen molar-refractivity contribution in [3.05, 3.63) is 0 Å². The first kappa shape index (κ1) is 15.3. The van der Waals surface area contributed by atoms with Gasteiger partial charge in [0.1, 0.15) is 6.04 Å². The summed E-state index contributed by atoms with van der Waals surface area (Å²) >= 11 is 0. The molecule has 1 atom stereocenters. The molecule has 0 radical (unpaired) electrons. The van der Waals surface area contributed by atoms with Crippen molar-refractivity contribution in [1.29, 1.82) is 0 Å². The van der Waals surface area contributed by atoms with Gasteiger partial charge < -0.3 is 10.2 Å². The van der Waals surface area contributed by atoms with Crippen LogP contribution in [0.2, 0.25) is 0 Å². The highest BCUT2D eigenvalue weighted by Gasteiger charge is 2.24. The highest BCUT2D eigenvalue weighted by atomic mass is 32.2. The Kier molecular flexibility index (Phi) is 5.37. The SMILES string of the molecule is CC(C)(C)CCS(=O)(=O)NC(CO)C(=O)O. The number of aliphatic hydroxyl groups is 1. The van der Waals surface area contributed by atoms with E-state index in [4.69, 9.17) is 10.2 Å². The van der Waals surface area contributed by atoms with Crippen LogP contribution in [0.25, 0.3) is 0 Å². The summed E-state index contributed by atoms with van der Waals surface area (Å²) in [4.78, 5) is 10.5. The molecule has 0 heterocycles. The molecule has 0 rings (SSSR count). The van der Waals surface area contributed by atoms with Crippen LogP contribution in [0.15, 0.2) is 0 Å². The molecule has 0 saturated heterocycles. The molecule has 0 aromatic heterocycles. The summed E-state index contributed by atoms with van der Waals surface area (Å²) in [6, 6.07) is -1.47. The van der Waals surface area contributed by atoms with Gasteiger partial charge in [-0.3, -0.25) is 4.79 Å². The predicted molar refractivity (Wildman–Crippen MR) is 59.5 cm³/mol. The molecule has 0 amide bonds. The van der Waals surface area contributed by atoms with Gasteiger partial charge in [-0.15, -0.1) is 0 Å². The first-order valence-electron chi connectivity index (χ1n) is 4.91. The van der Waals surface area contributed by atoms with Crippen molar-refractivity contribution in [2.24, 2.45) is 5.41 Å². The van der Waals surface area contributed by atoms with Crippen molar-refractivity contribution in [2.75, 3.05) is 12.4 Å². The standard InChI is InChI=1S/C9H19NO5S/c1-9(2,3)4-5-16(14,15)10-7(6-11)8(12)13/h7,10-11H,4-6H2,1-3H3,(H,12,13). The maximum Gasteiger partial charge on any atom is 0.324 e. The van der Waals surface area contributed by atoms with E-state index in [1.165, 1.54) is 0 Å². The maximum atomic E-state index is 11.5. The van der Waals surface area contributed by atoms with Crippen LogP contribution in [0.5, 0.6) is 0 Å². The summed E-state index contributed by atoms with van der Waals surface area (Å²) in [5, 5.41) is 17.3. The summed E-state index contributed by atoms with van der Waals surface area (Å²) < 4.78 is 24.9. The number of aliphatic carboxylic acids is 1. The minimum atomic E-state index is -3.66. The zero-order valence-corrected chi connectivity index (χ0v) is 10.5. The topological polar surface area (TPSA) is 104 Å². The minimum absolute atomic E-state index is 0.146. The Morgan fingerprint density at radius 2 is 1.88 bits per heavy atom. The second kappa shape index (κ2) is 5.60. The van der Waals surface area contributed by atoms with Gasteiger partial charge in [-0.2, -0.15) is 4.72 Å². The quantitative estimate of drug-likeness (QED) is 0.607. The molecule has 7 heteroatoms. The van der Waals surface area contributed by atoms with Crippen molar-refractivity contribution in [2.45, 2.75) is 33.2 Å². The van der Waals surface area contributed by atoms with Gasteiger partial charge >= 0.3 is 5.97 Å². The van der Waals surface area contributed by atoms with Crippen LogP contribution >= 0.6 is 0 Å². The largest absolute Gasteiger partial charge is 0.480 e. The van der Waals surface area contributed by atoms with Crippen molar-refractivity contribution in [3.63, 3.8) is 0 Å². The first-order chi connectivity index (χ1) is 7.07. The highest BCUT2D eigenvalue weighted by molar-refractivity contribution is 7.89. The average Bonchev–Trinajstić information content (AvgIpc) is 2.10. The number of hydrogen-bond donors (Lipinski definition) is 3. The molecule has 3 N–H and O–H groups in total. The molecule has 0 aliphatic rings. The highest BCUT2D eigenvalue weighted by Crippen LogP contribution is 2.18. The number of rotatable bonds is 6. The lowest BCUT2D eigenvalue weighted by molar-refractivity contribution is -0.139. The van der Waals surface area contributed by atoms with E-state index in [-0.39, 0.29) is 11.2 Å². The van der Waals surface area contributed by atoms with E-state index in [1.54, 1.807) is 0 Å². The van der Waals surface area contributed by atoms with E-state index in [0.29, 0.717) is 6.42 Å². The number of carboxylic acid groups (broad SMARTS) is 1. The Bertz CT molecular complexity index is 330. The van der Waals surface area contributed by atoms with Gasteiger partial charge in [-0.1, -0.05) is 20.8 Å². The number of aliphatic hydroxyl groups excluding tert-OH is 1. The van der Waals surface area contributed by atoms with E-state index in [9.17, 15) is 13.2 Å². The molecule has 0 aromatic carbocycles. The second-order valence-corrected chi connectivity index (χ2v) is 6.69. The molecule has 0 aromatic rings. The van der Waals surface area contributed by atoms with E-state index in [0.717, 1.165) is 0 Å². The van der Waals surface area contributed by atoms with E-state index >= 15 is 0 Å². The monoisotopic (exact) mass is 253 g/mol. The third kappa shape index (κ3) is 6.76. The number of carboxylic acids is 1. The number of sulfonamides is 1. The van der Waals surface area contributed by atoms with Crippen molar-refractivity contribution >= 4 is 16.0 Å². The van der Waals surface area contributed by atoms with Crippen LogP contribution in [0.1, 0.15) is 27.2 Å². The van der Waals surface area contributed by atoms with Crippen molar-refractivity contribution < 1.29 is 23.4 Å². The lowest BCUT2D eigenvalue weighted by Gasteiger charge is -2.19. The van der Waals surface area contributed by atoms with Gasteiger partial charge in [0.25, 0.3) is 0 Å². The Morgan fingerprint density at radius 1 is 1.38 bits per heavy atom. The van der Waals surface area contributed by atoms with Crippen LogP contribution in [0, 0.1) is 5.41 Å². The first-order valence-corrected chi connectivity index (χ1v) is 6.56. The summed E-state index contributed by atoms with van der Waals surface area (Å²) in [5.74, 6) is -1.54. The van der Waals surface area contributed by atoms with Gasteiger partial charge in [0.2, 0.25) is 10.0 Å². The smallest absolute Gasteiger partial charge is 0.324 e. The van der Waals surface area contributed by atoms with E-state index in [1.807, 2.05) is 25.5 Å². The molecule has 1 unspecified atom stereocenters. The average molecular weight is 253 g/mol. The van der Waals surface area contributed by atoms with Crippen LogP contribution < -0.4 is 4.72 Å². The molecule has 0 saturated carbocycles. The predicted octanol–water partition coefficient (Wildman–Crippen LogP) is -0.212. The Labute approximate surface area is 95.7 Å². The Hall–Kier alpha value is -0.660. The zero-order chi connectivity index (χ0) is 13.0. The fraction of sp³-hybridized carbons (Fsp3) is 0.889. The normalized spacial score (nSPS) is 14.8. The maximum absolute atomic E-state index is 11.5. The molecule has 6 nitrogen and oxygen atoms in total. The van der Waals surface area contributed by atoms with Gasteiger partial charge in [-0.25, -0.2) is 8.42 Å². The lowest BCUT2D eigenvalue weighted by Crippen LogP contribution is -2.44. The van der Waals surface area contributed by atoms with Gasteiger partial charge in [0, 0.05) is 0 Å². The minimum Gasteiger partial charge on any atom is -0.480 e. The third-order valence-electron chi connectivity index (χ3n) is 1.92. The summed E-state index contributed by atoms with van der Waals surface area (Å²) in [7, 11) is -3.66.